The Morgan fingerprint density at radius 2 is 1.87 bits per heavy atom. The molecule has 0 radical (unpaired) electrons. The van der Waals surface area contributed by atoms with E-state index in [0.717, 1.165) is 0 Å². The smallest absolute Gasteiger partial charge is 0.330 e. The maximum Gasteiger partial charge on any atom is 0.330 e. The number of nitrogens with zero attached hydrogens (tertiary/aromatic N) is 1. The fraction of sp³-hybridized carbons (Fsp3) is 0.889. The first-order valence-electron chi connectivity index (χ1n) is 4.91. The molecule has 0 aliphatic heterocycles. The molecule has 0 aliphatic rings. The van der Waals surface area contributed by atoms with E-state index >= 15 is 0 Å². The van der Waals surface area contributed by atoms with Crippen molar-refractivity contribution in [1.29, 1.82) is 5.26 Å². The van der Waals surface area contributed by atoms with Crippen LogP contribution in [0, 0.1) is 11.3 Å². The summed E-state index contributed by atoms with van der Waals surface area (Å²) in [6.07, 6.45) is 0.121. The van der Waals surface area contributed by atoms with Gasteiger partial charge in [0.25, 0.3) is 0 Å². The van der Waals surface area contributed by atoms with Crippen molar-refractivity contribution in [3.05, 3.63) is 0 Å². The lowest BCUT2D eigenvalue weighted by Gasteiger charge is -2.20. The molecule has 0 saturated heterocycles. The molecule has 0 heterocycles. The van der Waals surface area contributed by atoms with Crippen LogP contribution in [0.15, 0.2) is 0 Å². The van der Waals surface area contributed by atoms with E-state index in [9.17, 15) is 9.67 Å². The number of aliphatic hydroxyl groups is 1. The molecule has 0 aliphatic carbocycles. The summed E-state index contributed by atoms with van der Waals surface area (Å²) in [5, 5.41) is 18.0. The van der Waals surface area contributed by atoms with Crippen LogP contribution in [0.1, 0.15) is 27.2 Å². The minimum absolute atomic E-state index is 0.0508. The van der Waals surface area contributed by atoms with E-state index in [1.165, 1.54) is 6.92 Å². The molecule has 0 aromatic rings. The van der Waals surface area contributed by atoms with Crippen LogP contribution in [0.5, 0.6) is 0 Å². The van der Waals surface area contributed by atoms with Gasteiger partial charge in [-0.3, -0.25) is 4.57 Å². The Hall–Kier alpha value is -0.400. The van der Waals surface area contributed by atoms with Gasteiger partial charge in [-0.1, -0.05) is 0 Å². The number of rotatable bonds is 7. The Labute approximate surface area is 90.5 Å². The first-order chi connectivity index (χ1) is 6.89. The fourth-order valence-corrected chi connectivity index (χ4v) is 2.80. The van der Waals surface area contributed by atoms with Crippen molar-refractivity contribution in [1.82, 2.24) is 0 Å². The number of nitriles is 1. The third-order valence-electron chi connectivity index (χ3n) is 1.76. The van der Waals surface area contributed by atoms with Crippen molar-refractivity contribution < 1.29 is 18.7 Å². The zero-order valence-electron chi connectivity index (χ0n) is 9.39. The molecule has 1 N–H and O–H groups in total. The summed E-state index contributed by atoms with van der Waals surface area (Å²) in [4.78, 5) is 0. The third-order valence-corrected chi connectivity index (χ3v) is 3.84. The highest BCUT2D eigenvalue weighted by molar-refractivity contribution is 7.53. The van der Waals surface area contributed by atoms with Crippen molar-refractivity contribution in [3.63, 3.8) is 0 Å². The van der Waals surface area contributed by atoms with Crippen LogP contribution < -0.4 is 0 Å². The Balaban J connectivity index is 4.32. The summed E-state index contributed by atoms with van der Waals surface area (Å²) in [6, 6.07) is 1.72. The number of hydrogen-bond acceptors (Lipinski definition) is 5. The number of hydrogen-bond donors (Lipinski definition) is 1. The predicted molar refractivity (Wildman–Crippen MR) is 56.6 cm³/mol. The summed E-state index contributed by atoms with van der Waals surface area (Å²) < 4.78 is 22.0. The Morgan fingerprint density at radius 3 is 2.20 bits per heavy atom. The lowest BCUT2D eigenvalue weighted by atomic mass is 10.1. The molecule has 0 spiro atoms. The van der Waals surface area contributed by atoms with E-state index in [1.54, 1.807) is 19.9 Å². The van der Waals surface area contributed by atoms with Crippen LogP contribution in [0.3, 0.4) is 0 Å². The van der Waals surface area contributed by atoms with E-state index < -0.39 is 13.2 Å². The van der Waals surface area contributed by atoms with Crippen molar-refractivity contribution >= 4 is 7.60 Å². The second-order valence-electron chi connectivity index (χ2n) is 3.31. The van der Waals surface area contributed by atoms with Crippen LogP contribution in [0.4, 0.5) is 0 Å². The Kier molecular flexibility index (Phi) is 6.07. The second kappa shape index (κ2) is 6.24. The van der Waals surface area contributed by atoms with Crippen molar-refractivity contribution in [3.8, 4) is 6.07 Å². The summed E-state index contributed by atoms with van der Waals surface area (Å²) in [6.45, 7) is 5.37. The highest BCUT2D eigenvalue weighted by Crippen LogP contribution is 2.49. The van der Waals surface area contributed by atoms with Crippen LogP contribution in [-0.2, 0) is 13.6 Å². The molecule has 0 fully saturated rings. The Morgan fingerprint density at radius 1 is 1.40 bits per heavy atom. The van der Waals surface area contributed by atoms with E-state index in [2.05, 4.69) is 0 Å². The molecule has 0 saturated carbocycles. The van der Waals surface area contributed by atoms with Gasteiger partial charge in [0.2, 0.25) is 0 Å². The summed E-state index contributed by atoms with van der Waals surface area (Å²) in [7, 11) is -3.14. The van der Waals surface area contributed by atoms with Gasteiger partial charge in [-0.25, -0.2) is 0 Å². The molecule has 0 rings (SSSR count). The molecule has 1 unspecified atom stereocenters. The monoisotopic (exact) mass is 235 g/mol. The summed E-state index contributed by atoms with van der Waals surface area (Å²) >= 11 is 0. The molecule has 88 valence electrons. The highest BCUT2D eigenvalue weighted by Gasteiger charge is 2.29. The zero-order chi connectivity index (χ0) is 11.9. The topological polar surface area (TPSA) is 79.5 Å². The summed E-state index contributed by atoms with van der Waals surface area (Å²) in [5.41, 5.74) is -1.48. The molecule has 15 heavy (non-hydrogen) atoms. The van der Waals surface area contributed by atoms with Gasteiger partial charge in [-0.2, -0.15) is 5.26 Å². The van der Waals surface area contributed by atoms with Gasteiger partial charge in [0, 0.05) is 6.42 Å². The van der Waals surface area contributed by atoms with Gasteiger partial charge in [0.05, 0.1) is 25.4 Å². The largest absolute Gasteiger partial charge is 0.376 e. The lowest BCUT2D eigenvalue weighted by molar-refractivity contribution is 0.112. The summed E-state index contributed by atoms with van der Waals surface area (Å²) in [5.74, 6) is 0. The maximum absolute atomic E-state index is 11.9. The standard InChI is InChI=1S/C9H18NO4P/c1-4-13-15(12,14-5-2)7-6-9(3,11)8-10/h11H,4-7H2,1-3H3. The molecule has 5 nitrogen and oxygen atoms in total. The zero-order valence-corrected chi connectivity index (χ0v) is 10.3. The van der Waals surface area contributed by atoms with Gasteiger partial charge in [-0.05, 0) is 20.8 Å². The van der Waals surface area contributed by atoms with Gasteiger partial charge in [0.1, 0.15) is 5.60 Å². The van der Waals surface area contributed by atoms with Gasteiger partial charge < -0.3 is 14.2 Å². The van der Waals surface area contributed by atoms with Crippen LogP contribution in [0.2, 0.25) is 0 Å². The molecular formula is C9H18NO4P. The van der Waals surface area contributed by atoms with E-state index in [-0.39, 0.29) is 25.8 Å². The molecular weight excluding hydrogens is 217 g/mol. The predicted octanol–water partition coefficient (Wildman–Crippen LogP) is 1.92. The highest BCUT2D eigenvalue weighted by atomic mass is 31.2. The fourth-order valence-electron chi connectivity index (χ4n) is 0.970. The first kappa shape index (κ1) is 14.6. The molecule has 6 heteroatoms. The van der Waals surface area contributed by atoms with Crippen LogP contribution in [-0.4, -0.2) is 30.1 Å². The van der Waals surface area contributed by atoms with Gasteiger partial charge >= 0.3 is 7.60 Å². The normalized spacial score (nSPS) is 15.7. The lowest BCUT2D eigenvalue weighted by Crippen LogP contribution is -2.23. The molecule has 0 aromatic heterocycles. The molecule has 1 atom stereocenters. The van der Waals surface area contributed by atoms with Crippen molar-refractivity contribution in [2.45, 2.75) is 32.8 Å². The third kappa shape index (κ3) is 5.91. The Bertz CT molecular complexity index is 262. The van der Waals surface area contributed by atoms with E-state index in [1.807, 2.05) is 0 Å². The quantitative estimate of drug-likeness (QED) is 0.538. The minimum Gasteiger partial charge on any atom is -0.376 e. The molecule has 0 bridgehead atoms. The van der Waals surface area contributed by atoms with E-state index in [4.69, 9.17) is 14.3 Å². The maximum atomic E-state index is 11.9. The average Bonchev–Trinajstić information content (AvgIpc) is 2.16. The van der Waals surface area contributed by atoms with Crippen molar-refractivity contribution in [2.24, 2.45) is 0 Å². The molecule has 0 aromatic carbocycles. The average molecular weight is 235 g/mol. The second-order valence-corrected chi connectivity index (χ2v) is 5.49. The minimum atomic E-state index is -3.14. The van der Waals surface area contributed by atoms with Crippen molar-refractivity contribution in [2.75, 3.05) is 19.4 Å². The van der Waals surface area contributed by atoms with Gasteiger partial charge in [-0.15, -0.1) is 0 Å². The van der Waals surface area contributed by atoms with E-state index in [0.29, 0.717) is 0 Å². The van der Waals surface area contributed by atoms with Crippen LogP contribution in [0.25, 0.3) is 0 Å². The van der Waals surface area contributed by atoms with Crippen LogP contribution >= 0.6 is 7.60 Å². The first-order valence-corrected chi connectivity index (χ1v) is 6.63. The van der Waals surface area contributed by atoms with Gasteiger partial charge in [0.15, 0.2) is 0 Å². The SMILES string of the molecule is CCOP(=O)(CCC(C)(O)C#N)OCC. The molecule has 0 amide bonds.